The minimum Gasteiger partial charge on any atom is -0.494 e. The molecule has 0 aliphatic heterocycles. The number of nitrogens with zero attached hydrogens (tertiary/aromatic N) is 1. The van der Waals surface area contributed by atoms with Gasteiger partial charge in [-0.05, 0) is 60.7 Å². The third-order valence-corrected chi connectivity index (χ3v) is 4.91. The van der Waals surface area contributed by atoms with Gasteiger partial charge in [-0.1, -0.05) is 12.1 Å². The van der Waals surface area contributed by atoms with E-state index in [4.69, 9.17) is 19.2 Å². The third-order valence-electron chi connectivity index (χ3n) is 4.91. The summed E-state index contributed by atoms with van der Waals surface area (Å²) in [7, 11) is 2.96. The van der Waals surface area contributed by atoms with E-state index in [0.29, 0.717) is 30.7 Å². The van der Waals surface area contributed by atoms with Crippen molar-refractivity contribution in [2.24, 2.45) is 0 Å². The van der Waals surface area contributed by atoms with Gasteiger partial charge in [-0.2, -0.15) is 0 Å². The highest BCUT2D eigenvalue weighted by molar-refractivity contribution is 5.90. The number of fused-ring (bicyclic) bond motifs is 1. The lowest BCUT2D eigenvalue weighted by Crippen LogP contribution is -2.05. The number of esters is 1. The fourth-order valence-electron chi connectivity index (χ4n) is 3.44. The second-order valence-corrected chi connectivity index (χ2v) is 7.02. The summed E-state index contributed by atoms with van der Waals surface area (Å²) in [4.78, 5) is 26.7. The smallest absolute Gasteiger partial charge is 0.305 e. The maximum Gasteiger partial charge on any atom is 0.305 e. The molecule has 0 unspecified atom stereocenters. The normalized spacial score (nSPS) is 11.0. The van der Waals surface area contributed by atoms with Crippen molar-refractivity contribution in [1.29, 1.82) is 0 Å². The molecule has 1 heterocycles. The maximum absolute atomic E-state index is 13.2. The zero-order chi connectivity index (χ0) is 22.2. The zero-order valence-corrected chi connectivity index (χ0v) is 17.9. The van der Waals surface area contributed by atoms with Crippen molar-refractivity contribution in [2.45, 2.75) is 32.8 Å². The van der Waals surface area contributed by atoms with Gasteiger partial charge in [-0.3, -0.25) is 9.78 Å². The molecule has 0 atom stereocenters. The van der Waals surface area contributed by atoms with E-state index >= 15 is 0 Å². The van der Waals surface area contributed by atoms with Crippen LogP contribution in [-0.2, 0) is 38.8 Å². The summed E-state index contributed by atoms with van der Waals surface area (Å²) in [6.07, 6.45) is 3.12. The molecule has 31 heavy (non-hydrogen) atoms. The Morgan fingerprint density at radius 3 is 2.48 bits per heavy atom. The van der Waals surface area contributed by atoms with Crippen LogP contribution in [0.4, 0.5) is 4.39 Å². The molecule has 6 nitrogen and oxygen atoms in total. The minimum atomic E-state index is -0.286. The van der Waals surface area contributed by atoms with Crippen molar-refractivity contribution in [2.75, 3.05) is 20.8 Å². The Bertz CT molecular complexity index is 1040. The molecule has 2 aromatic carbocycles. The molecular formula is C24H26FNO5. The number of hydrogen-bond donors (Lipinski definition) is 0. The Morgan fingerprint density at radius 2 is 1.81 bits per heavy atom. The van der Waals surface area contributed by atoms with Crippen LogP contribution in [0, 0.1) is 5.82 Å². The predicted molar refractivity (Wildman–Crippen MR) is 114 cm³/mol. The lowest BCUT2D eigenvalue weighted by atomic mass is 9.97. The van der Waals surface area contributed by atoms with E-state index in [0.717, 1.165) is 27.6 Å². The van der Waals surface area contributed by atoms with Gasteiger partial charge in [0.25, 0.3) is 0 Å². The van der Waals surface area contributed by atoms with Crippen molar-refractivity contribution in [3.05, 3.63) is 70.7 Å². The summed E-state index contributed by atoms with van der Waals surface area (Å²) in [5, 5.41) is 0.889. The highest BCUT2D eigenvalue weighted by Gasteiger charge is 2.16. The Labute approximate surface area is 180 Å². The number of halogens is 1. The second-order valence-electron chi connectivity index (χ2n) is 7.02. The van der Waals surface area contributed by atoms with E-state index in [1.165, 1.54) is 19.2 Å². The number of benzene rings is 2. The van der Waals surface area contributed by atoms with Gasteiger partial charge >= 0.3 is 5.97 Å². The van der Waals surface area contributed by atoms with Crippen LogP contribution in [-0.4, -0.2) is 31.8 Å². The third kappa shape index (κ3) is 5.77. The molecule has 7 heteroatoms. The van der Waals surface area contributed by atoms with Crippen LogP contribution in [0.3, 0.4) is 0 Å². The maximum atomic E-state index is 13.2. The summed E-state index contributed by atoms with van der Waals surface area (Å²) in [6.45, 7) is 2.46. The van der Waals surface area contributed by atoms with Crippen molar-refractivity contribution in [1.82, 2.24) is 4.98 Å². The molecule has 0 radical (unpaired) electrons. The van der Waals surface area contributed by atoms with Crippen molar-refractivity contribution < 1.29 is 28.4 Å². The van der Waals surface area contributed by atoms with E-state index in [2.05, 4.69) is 4.98 Å². The number of carbonyl (C=O) groups excluding carboxylic acids is 1. The van der Waals surface area contributed by atoms with Gasteiger partial charge in [0.2, 0.25) is 0 Å². The van der Waals surface area contributed by atoms with Crippen LogP contribution in [0.5, 0.6) is 5.75 Å². The SMILES string of the molecule is CCOOCc1cc(CCC(=O)OC)c2cc(Cc3ccc(F)cc3)cnc2c1OC. The number of carbonyl (C=O) groups is 1. The number of aryl methyl sites for hydroxylation is 1. The largest absolute Gasteiger partial charge is 0.494 e. The number of aromatic nitrogens is 1. The molecular weight excluding hydrogens is 401 g/mol. The van der Waals surface area contributed by atoms with E-state index in [1.807, 2.05) is 19.1 Å². The summed E-state index contributed by atoms with van der Waals surface area (Å²) in [6, 6.07) is 10.4. The fourth-order valence-corrected chi connectivity index (χ4v) is 3.44. The van der Waals surface area contributed by atoms with Crippen LogP contribution in [0.15, 0.2) is 42.6 Å². The molecule has 164 valence electrons. The van der Waals surface area contributed by atoms with Crippen LogP contribution in [0.25, 0.3) is 10.9 Å². The van der Waals surface area contributed by atoms with Gasteiger partial charge < -0.3 is 9.47 Å². The van der Waals surface area contributed by atoms with Gasteiger partial charge in [0.15, 0.2) is 5.75 Å². The van der Waals surface area contributed by atoms with E-state index in [1.54, 1.807) is 25.4 Å². The monoisotopic (exact) mass is 427 g/mol. The summed E-state index contributed by atoms with van der Waals surface area (Å²) in [5.74, 6) is 0.0494. The molecule has 0 aliphatic rings. The standard InChI is InChI=1S/C24H26FNO5/c1-4-30-31-15-19-13-18(7-10-22(27)28-2)21-12-17(14-26-23(21)24(19)29-3)11-16-5-8-20(25)9-6-16/h5-6,8-9,12-14H,4,7,10-11,15H2,1-3H3. The number of methoxy groups -OCH3 is 2. The lowest BCUT2D eigenvalue weighted by Gasteiger charge is -2.16. The van der Waals surface area contributed by atoms with Crippen LogP contribution in [0.2, 0.25) is 0 Å². The Balaban J connectivity index is 2.02. The van der Waals surface area contributed by atoms with Crippen LogP contribution in [0.1, 0.15) is 35.6 Å². The topological polar surface area (TPSA) is 66.9 Å². The van der Waals surface area contributed by atoms with Crippen molar-refractivity contribution in [3.63, 3.8) is 0 Å². The molecule has 0 aliphatic carbocycles. The highest BCUT2D eigenvalue weighted by atomic mass is 19.1. The Morgan fingerprint density at radius 1 is 1.03 bits per heavy atom. The lowest BCUT2D eigenvalue weighted by molar-refractivity contribution is -0.300. The fraction of sp³-hybridized carbons (Fsp3) is 0.333. The molecule has 0 bridgehead atoms. The van der Waals surface area contributed by atoms with Crippen molar-refractivity contribution >= 4 is 16.9 Å². The van der Waals surface area contributed by atoms with Crippen LogP contribution < -0.4 is 4.74 Å². The first-order valence-corrected chi connectivity index (χ1v) is 10.1. The first-order valence-electron chi connectivity index (χ1n) is 10.1. The first kappa shape index (κ1) is 22.7. The Hall–Kier alpha value is -3.03. The zero-order valence-electron chi connectivity index (χ0n) is 17.9. The van der Waals surface area contributed by atoms with Gasteiger partial charge in [-0.15, -0.1) is 0 Å². The van der Waals surface area contributed by atoms with Crippen molar-refractivity contribution in [3.8, 4) is 5.75 Å². The van der Waals surface area contributed by atoms with E-state index in [9.17, 15) is 9.18 Å². The van der Waals surface area contributed by atoms with Crippen LogP contribution >= 0.6 is 0 Å². The van der Waals surface area contributed by atoms with Gasteiger partial charge in [0.05, 0.1) is 20.8 Å². The predicted octanol–water partition coefficient (Wildman–Crippen LogP) is 4.55. The van der Waals surface area contributed by atoms with Gasteiger partial charge in [0.1, 0.15) is 17.9 Å². The first-order chi connectivity index (χ1) is 15.0. The second kappa shape index (κ2) is 10.8. The summed E-state index contributed by atoms with van der Waals surface area (Å²) in [5.41, 5.74) is 4.35. The summed E-state index contributed by atoms with van der Waals surface area (Å²) >= 11 is 0. The molecule has 0 amide bonds. The molecule has 1 aromatic heterocycles. The van der Waals surface area contributed by atoms with Gasteiger partial charge in [-0.25, -0.2) is 14.2 Å². The van der Waals surface area contributed by atoms with E-state index < -0.39 is 0 Å². The molecule has 3 rings (SSSR count). The van der Waals surface area contributed by atoms with E-state index in [-0.39, 0.29) is 24.8 Å². The number of rotatable bonds is 10. The average molecular weight is 427 g/mol. The average Bonchev–Trinajstić information content (AvgIpc) is 2.79. The number of hydrogen-bond acceptors (Lipinski definition) is 6. The molecule has 0 saturated heterocycles. The Kier molecular flexibility index (Phi) is 7.92. The highest BCUT2D eigenvalue weighted by Crippen LogP contribution is 2.33. The number of ether oxygens (including phenoxy) is 2. The van der Waals surface area contributed by atoms with Gasteiger partial charge in [0, 0.05) is 23.6 Å². The quantitative estimate of drug-likeness (QED) is 0.205. The molecule has 0 saturated carbocycles. The summed E-state index contributed by atoms with van der Waals surface area (Å²) < 4.78 is 23.6. The minimum absolute atomic E-state index is 0.192. The molecule has 0 spiro atoms. The molecule has 0 fully saturated rings. The number of pyridine rings is 1. The molecule has 3 aromatic rings. The molecule has 0 N–H and O–H groups in total.